The number of nitrogens with one attached hydrogen (secondary N) is 1. The smallest absolute Gasteiger partial charge is 0.258 e. The summed E-state index contributed by atoms with van der Waals surface area (Å²) in [5, 5.41) is 2.98. The van der Waals surface area contributed by atoms with Crippen molar-refractivity contribution in [2.45, 2.75) is 52.5 Å². The lowest BCUT2D eigenvalue weighted by Crippen LogP contribution is -2.31. The molecule has 0 aliphatic heterocycles. The molecule has 0 aromatic heterocycles. The highest BCUT2D eigenvalue weighted by Crippen LogP contribution is 2.31. The summed E-state index contributed by atoms with van der Waals surface area (Å²) in [5.41, 5.74) is 3.66. The van der Waals surface area contributed by atoms with Crippen molar-refractivity contribution >= 4 is 21.8 Å². The molecule has 0 aliphatic rings. The molecule has 1 atom stereocenters. The van der Waals surface area contributed by atoms with Crippen molar-refractivity contribution in [3.8, 4) is 5.75 Å². The van der Waals surface area contributed by atoms with Gasteiger partial charge in [0.2, 0.25) is 0 Å². The molecular weight excluding hydrogens is 390 g/mol. The lowest BCUT2D eigenvalue weighted by Gasteiger charge is -2.20. The summed E-state index contributed by atoms with van der Waals surface area (Å²) in [5.74, 6) is 0.539. The Morgan fingerprint density at radius 3 is 2.35 bits per heavy atom. The number of ether oxygens (including phenoxy) is 1. The average molecular weight is 418 g/mol. The van der Waals surface area contributed by atoms with E-state index in [1.165, 1.54) is 11.1 Å². The second-order valence-electron chi connectivity index (χ2n) is 7.57. The predicted molar refractivity (Wildman–Crippen MR) is 111 cm³/mol. The molecule has 1 N–H and O–H groups in total. The summed E-state index contributed by atoms with van der Waals surface area (Å²) in [6.07, 6.45) is 1.01. The second-order valence-corrected chi connectivity index (χ2v) is 8.42. The Morgan fingerprint density at radius 2 is 1.81 bits per heavy atom. The molecule has 26 heavy (non-hydrogen) atoms. The van der Waals surface area contributed by atoms with Crippen LogP contribution in [0.2, 0.25) is 0 Å². The monoisotopic (exact) mass is 417 g/mol. The van der Waals surface area contributed by atoms with Crippen LogP contribution in [0.4, 0.5) is 0 Å². The van der Waals surface area contributed by atoms with Crippen molar-refractivity contribution in [3.05, 3.63) is 63.6 Å². The maximum absolute atomic E-state index is 12.2. The Labute approximate surface area is 165 Å². The van der Waals surface area contributed by atoms with Gasteiger partial charge in [-0.15, -0.1) is 0 Å². The van der Waals surface area contributed by atoms with Crippen LogP contribution in [0.1, 0.15) is 57.4 Å². The molecule has 4 heteroatoms. The van der Waals surface area contributed by atoms with Crippen LogP contribution in [0.15, 0.2) is 46.9 Å². The second kappa shape index (κ2) is 8.72. The van der Waals surface area contributed by atoms with Crippen molar-refractivity contribution in [2.24, 2.45) is 0 Å². The molecule has 0 heterocycles. The van der Waals surface area contributed by atoms with E-state index in [0.717, 1.165) is 16.5 Å². The lowest BCUT2D eigenvalue weighted by molar-refractivity contribution is -0.123. The first kappa shape index (κ1) is 20.5. The van der Waals surface area contributed by atoms with Crippen molar-refractivity contribution in [2.75, 3.05) is 6.61 Å². The van der Waals surface area contributed by atoms with E-state index in [2.05, 4.69) is 73.2 Å². The molecule has 0 bridgehead atoms. The molecule has 0 radical (unpaired) electrons. The Bertz CT molecular complexity index is 748. The van der Waals surface area contributed by atoms with Gasteiger partial charge in [0.15, 0.2) is 6.61 Å². The molecule has 0 fully saturated rings. The summed E-state index contributed by atoms with van der Waals surface area (Å²) >= 11 is 3.53. The van der Waals surface area contributed by atoms with E-state index in [-0.39, 0.29) is 24.0 Å². The largest absolute Gasteiger partial charge is 0.483 e. The number of hydrogen-bond acceptors (Lipinski definition) is 2. The van der Waals surface area contributed by atoms with Gasteiger partial charge in [0.25, 0.3) is 5.91 Å². The Morgan fingerprint density at radius 1 is 1.15 bits per heavy atom. The lowest BCUT2D eigenvalue weighted by atomic mass is 9.87. The Balaban J connectivity index is 1.91. The molecule has 3 nitrogen and oxygen atoms in total. The van der Waals surface area contributed by atoms with E-state index in [1.54, 1.807) is 0 Å². The van der Waals surface area contributed by atoms with Gasteiger partial charge in [-0.3, -0.25) is 4.79 Å². The van der Waals surface area contributed by atoms with Crippen molar-refractivity contribution in [1.29, 1.82) is 0 Å². The van der Waals surface area contributed by atoms with E-state index in [1.807, 2.05) is 25.1 Å². The number of amides is 1. The summed E-state index contributed by atoms with van der Waals surface area (Å²) < 4.78 is 6.54. The first-order valence-corrected chi connectivity index (χ1v) is 9.81. The van der Waals surface area contributed by atoms with Crippen LogP contribution in [0.3, 0.4) is 0 Å². The normalized spacial score (nSPS) is 12.5. The van der Waals surface area contributed by atoms with Crippen LogP contribution in [-0.4, -0.2) is 12.5 Å². The Hall–Kier alpha value is -1.81. The molecule has 0 saturated carbocycles. The highest BCUT2D eigenvalue weighted by molar-refractivity contribution is 9.10. The zero-order chi connectivity index (χ0) is 19.3. The van der Waals surface area contributed by atoms with Crippen LogP contribution in [0.5, 0.6) is 5.75 Å². The molecule has 2 aromatic rings. The third-order valence-corrected chi connectivity index (χ3v) is 5.04. The van der Waals surface area contributed by atoms with Gasteiger partial charge in [-0.1, -0.05) is 58.0 Å². The van der Waals surface area contributed by atoms with Gasteiger partial charge < -0.3 is 10.1 Å². The molecule has 2 rings (SSSR count). The van der Waals surface area contributed by atoms with E-state index in [4.69, 9.17) is 4.74 Å². The molecule has 0 spiro atoms. The van der Waals surface area contributed by atoms with Crippen molar-refractivity contribution in [3.63, 3.8) is 0 Å². The van der Waals surface area contributed by atoms with Crippen LogP contribution in [0.25, 0.3) is 0 Å². The van der Waals surface area contributed by atoms with Crippen LogP contribution >= 0.6 is 15.9 Å². The van der Waals surface area contributed by atoms with Gasteiger partial charge in [-0.25, -0.2) is 0 Å². The number of hydrogen-bond donors (Lipinski definition) is 1. The minimum absolute atomic E-state index is 0.00908. The van der Waals surface area contributed by atoms with E-state index >= 15 is 0 Å². The maximum Gasteiger partial charge on any atom is 0.258 e. The summed E-state index contributed by atoms with van der Waals surface area (Å²) in [6, 6.07) is 14.3. The van der Waals surface area contributed by atoms with Gasteiger partial charge >= 0.3 is 0 Å². The van der Waals surface area contributed by atoms with Crippen LogP contribution in [-0.2, 0) is 16.6 Å². The van der Waals surface area contributed by atoms with Crippen molar-refractivity contribution < 1.29 is 9.53 Å². The fraction of sp³-hybridized carbons (Fsp3) is 0.409. The molecule has 0 aliphatic carbocycles. The first-order chi connectivity index (χ1) is 12.2. The molecule has 140 valence electrons. The average Bonchev–Trinajstić information content (AvgIpc) is 2.59. The molecule has 2 aromatic carbocycles. The number of carbonyl (C=O) groups is 1. The van der Waals surface area contributed by atoms with E-state index < -0.39 is 0 Å². The van der Waals surface area contributed by atoms with Gasteiger partial charge in [-0.2, -0.15) is 0 Å². The molecular formula is C22H28BrNO2. The van der Waals surface area contributed by atoms with Gasteiger partial charge in [0, 0.05) is 0 Å². The van der Waals surface area contributed by atoms with E-state index in [0.29, 0.717) is 5.75 Å². The van der Waals surface area contributed by atoms with E-state index in [9.17, 15) is 4.79 Å². The van der Waals surface area contributed by atoms with Crippen LogP contribution < -0.4 is 10.1 Å². The third-order valence-electron chi connectivity index (χ3n) is 4.42. The minimum Gasteiger partial charge on any atom is -0.483 e. The molecule has 0 saturated heterocycles. The minimum atomic E-state index is -0.135. The number of halogens is 1. The summed E-state index contributed by atoms with van der Waals surface area (Å²) in [4.78, 5) is 12.2. The zero-order valence-corrected chi connectivity index (χ0v) is 17.8. The van der Waals surface area contributed by atoms with Gasteiger partial charge in [0.05, 0.1) is 10.5 Å². The SMILES string of the molecule is CCc1ccc(C(C)NC(=O)COc2ccc(C(C)(C)C)cc2Br)cc1. The number of aryl methyl sites for hydroxylation is 1. The fourth-order valence-corrected chi connectivity index (χ4v) is 3.13. The van der Waals surface area contributed by atoms with Crippen LogP contribution in [0, 0.1) is 0 Å². The highest BCUT2D eigenvalue weighted by atomic mass is 79.9. The summed E-state index contributed by atoms with van der Waals surface area (Å²) in [7, 11) is 0. The predicted octanol–water partition coefficient (Wildman–Crippen LogP) is 5.57. The highest BCUT2D eigenvalue weighted by Gasteiger charge is 2.16. The zero-order valence-electron chi connectivity index (χ0n) is 16.2. The number of benzene rings is 2. The quantitative estimate of drug-likeness (QED) is 0.667. The molecule has 1 amide bonds. The fourth-order valence-electron chi connectivity index (χ4n) is 2.64. The maximum atomic E-state index is 12.2. The number of rotatable bonds is 6. The topological polar surface area (TPSA) is 38.3 Å². The molecule has 1 unspecified atom stereocenters. The third kappa shape index (κ3) is 5.60. The summed E-state index contributed by atoms with van der Waals surface area (Å²) in [6.45, 7) is 10.6. The standard InChI is InChI=1S/C22H28BrNO2/c1-6-16-7-9-17(10-8-16)15(2)24-21(25)14-26-20-12-11-18(13-19(20)23)22(3,4)5/h7-13,15H,6,14H2,1-5H3,(H,24,25). The number of carbonyl (C=O) groups excluding carboxylic acids is 1. The van der Waals surface area contributed by atoms with Gasteiger partial charge in [-0.05, 0) is 63.5 Å². The first-order valence-electron chi connectivity index (χ1n) is 9.01. The van der Waals surface area contributed by atoms with Crippen molar-refractivity contribution in [1.82, 2.24) is 5.32 Å². The Kier molecular flexibility index (Phi) is 6.87. The van der Waals surface area contributed by atoms with Gasteiger partial charge in [0.1, 0.15) is 5.75 Å².